The molecule has 0 atom stereocenters. The topological polar surface area (TPSA) is 25.8 Å². The van der Waals surface area contributed by atoms with Crippen LogP contribution < -0.4 is 0 Å². The van der Waals surface area contributed by atoms with Gasteiger partial charge in [0.15, 0.2) is 5.82 Å². The van der Waals surface area contributed by atoms with Gasteiger partial charge in [-0.1, -0.05) is 196 Å². The van der Waals surface area contributed by atoms with Crippen LogP contribution in [0.15, 0.2) is 194 Å². The van der Waals surface area contributed by atoms with Crippen molar-refractivity contribution in [3.8, 4) is 78.4 Å². The van der Waals surface area contributed by atoms with E-state index in [1.54, 1.807) is 0 Å². The van der Waals surface area contributed by atoms with E-state index < -0.39 is 0 Å². The van der Waals surface area contributed by atoms with Gasteiger partial charge in [0, 0.05) is 22.1 Å². The molecule has 0 unspecified atom stereocenters. The van der Waals surface area contributed by atoms with Crippen LogP contribution in [0.4, 0.5) is 0 Å². The average Bonchev–Trinajstić information content (AvgIpc) is 3.49. The van der Waals surface area contributed by atoms with E-state index in [-0.39, 0.29) is 5.41 Å². The van der Waals surface area contributed by atoms with Crippen molar-refractivity contribution in [1.29, 1.82) is 0 Å². The fraction of sp³-hybridized carbons (Fsp3) is 0.0566. The summed E-state index contributed by atoms with van der Waals surface area (Å²) in [5, 5.41) is 2.36. The minimum Gasteiger partial charge on any atom is -0.228 e. The summed E-state index contributed by atoms with van der Waals surface area (Å²) in [6.07, 6.45) is 0. The third kappa shape index (κ3) is 5.57. The van der Waals surface area contributed by atoms with Crippen molar-refractivity contribution >= 4 is 10.8 Å². The molecule has 1 heterocycles. The fourth-order valence-electron chi connectivity index (χ4n) is 8.60. The quantitative estimate of drug-likeness (QED) is 0.172. The Balaban J connectivity index is 1.13. The fourth-order valence-corrected chi connectivity index (χ4v) is 8.60. The van der Waals surface area contributed by atoms with Crippen LogP contribution in [0, 0.1) is 0 Å². The zero-order valence-electron chi connectivity index (χ0n) is 30.9. The molecule has 55 heavy (non-hydrogen) atoms. The normalized spacial score (nSPS) is 12.7. The van der Waals surface area contributed by atoms with Gasteiger partial charge in [-0.3, -0.25) is 0 Å². The van der Waals surface area contributed by atoms with Crippen LogP contribution in [0.25, 0.3) is 89.2 Å². The Kier molecular flexibility index (Phi) is 7.85. The summed E-state index contributed by atoms with van der Waals surface area (Å²) < 4.78 is 0. The average molecular weight is 703 g/mol. The van der Waals surface area contributed by atoms with Gasteiger partial charge in [-0.2, -0.15) is 0 Å². The molecule has 0 spiro atoms. The highest BCUT2D eigenvalue weighted by molar-refractivity contribution is 6.05. The second-order valence-corrected chi connectivity index (χ2v) is 14.9. The number of aromatic nitrogens is 2. The molecular formula is C53H38N2. The van der Waals surface area contributed by atoms with E-state index in [4.69, 9.17) is 9.97 Å². The lowest BCUT2D eigenvalue weighted by Crippen LogP contribution is -2.15. The van der Waals surface area contributed by atoms with Crippen molar-refractivity contribution in [2.75, 3.05) is 0 Å². The highest BCUT2D eigenvalue weighted by atomic mass is 14.9. The molecule has 1 aliphatic rings. The lowest BCUT2D eigenvalue weighted by Gasteiger charge is -2.22. The minimum atomic E-state index is -0.136. The standard InChI is InChI=1S/C53H38N2/c1-53(2)47-28-16-27-41(36-19-8-4-9-20-36)51(47)46-30-29-38(33-48(46)53)40-31-32-45(43-25-14-13-24-42(40)43)50-34-49(54-52(55-50)37-21-10-5-11-22-37)44-26-15-12-23-39(44)35-17-6-3-7-18-35/h3-34H,1-2H3. The van der Waals surface area contributed by atoms with Crippen LogP contribution >= 0.6 is 0 Å². The monoisotopic (exact) mass is 702 g/mol. The van der Waals surface area contributed by atoms with Gasteiger partial charge in [-0.25, -0.2) is 9.97 Å². The molecule has 2 nitrogen and oxygen atoms in total. The number of rotatable bonds is 6. The smallest absolute Gasteiger partial charge is 0.160 e. The van der Waals surface area contributed by atoms with Gasteiger partial charge in [0.05, 0.1) is 11.4 Å². The van der Waals surface area contributed by atoms with Crippen molar-refractivity contribution in [3.63, 3.8) is 0 Å². The predicted molar refractivity (Wildman–Crippen MR) is 230 cm³/mol. The van der Waals surface area contributed by atoms with Crippen LogP contribution in [0.2, 0.25) is 0 Å². The SMILES string of the molecule is CC1(C)c2cc(-c3ccc(-c4cc(-c5ccccc5-c5ccccc5)nc(-c5ccccc5)n4)c4ccccc34)ccc2-c2c(-c3ccccc3)cccc21. The van der Waals surface area contributed by atoms with E-state index in [1.165, 1.54) is 49.9 Å². The molecule has 0 radical (unpaired) electrons. The van der Waals surface area contributed by atoms with E-state index in [1.807, 2.05) is 18.2 Å². The first-order valence-electron chi connectivity index (χ1n) is 19.0. The molecule has 9 aromatic rings. The van der Waals surface area contributed by atoms with Gasteiger partial charge >= 0.3 is 0 Å². The maximum atomic E-state index is 5.27. The summed E-state index contributed by atoms with van der Waals surface area (Å²) >= 11 is 0. The molecule has 0 bridgehead atoms. The third-order valence-corrected chi connectivity index (χ3v) is 11.3. The maximum Gasteiger partial charge on any atom is 0.160 e. The van der Waals surface area contributed by atoms with Gasteiger partial charge in [-0.05, 0) is 78.5 Å². The Morgan fingerprint density at radius 1 is 0.327 bits per heavy atom. The number of nitrogens with zero attached hydrogens (tertiary/aromatic N) is 2. The highest BCUT2D eigenvalue weighted by Gasteiger charge is 2.37. The molecule has 0 fully saturated rings. The summed E-state index contributed by atoms with van der Waals surface area (Å²) in [7, 11) is 0. The van der Waals surface area contributed by atoms with Gasteiger partial charge in [-0.15, -0.1) is 0 Å². The van der Waals surface area contributed by atoms with Gasteiger partial charge < -0.3 is 0 Å². The lowest BCUT2D eigenvalue weighted by atomic mass is 9.81. The summed E-state index contributed by atoms with van der Waals surface area (Å²) in [5.74, 6) is 0.708. The van der Waals surface area contributed by atoms with Gasteiger partial charge in [0.2, 0.25) is 0 Å². The first kappa shape index (κ1) is 32.7. The van der Waals surface area contributed by atoms with E-state index in [9.17, 15) is 0 Å². The summed E-state index contributed by atoms with van der Waals surface area (Å²) in [6.45, 7) is 4.73. The highest BCUT2D eigenvalue weighted by Crippen LogP contribution is 2.53. The molecule has 1 aromatic heterocycles. The molecule has 260 valence electrons. The number of hydrogen-bond acceptors (Lipinski definition) is 2. The summed E-state index contributed by atoms with van der Waals surface area (Å²) in [5.41, 5.74) is 17.5. The van der Waals surface area contributed by atoms with Crippen molar-refractivity contribution in [2.24, 2.45) is 0 Å². The Morgan fingerprint density at radius 3 is 1.53 bits per heavy atom. The Labute approximate surface area is 322 Å². The van der Waals surface area contributed by atoms with E-state index in [0.29, 0.717) is 5.82 Å². The molecular weight excluding hydrogens is 665 g/mol. The first-order chi connectivity index (χ1) is 27.0. The van der Waals surface area contributed by atoms with Crippen LogP contribution in [0.3, 0.4) is 0 Å². The van der Waals surface area contributed by atoms with Gasteiger partial charge in [0.25, 0.3) is 0 Å². The zero-order valence-corrected chi connectivity index (χ0v) is 30.9. The number of benzene rings is 8. The van der Waals surface area contributed by atoms with Crippen LogP contribution in [0.1, 0.15) is 25.0 Å². The summed E-state index contributed by atoms with van der Waals surface area (Å²) in [4.78, 5) is 10.5. The zero-order chi connectivity index (χ0) is 36.9. The van der Waals surface area contributed by atoms with E-state index >= 15 is 0 Å². The lowest BCUT2D eigenvalue weighted by molar-refractivity contribution is 0.661. The van der Waals surface area contributed by atoms with Gasteiger partial charge in [0.1, 0.15) is 0 Å². The molecule has 0 aliphatic heterocycles. The Morgan fingerprint density at radius 2 is 0.836 bits per heavy atom. The first-order valence-corrected chi connectivity index (χ1v) is 19.0. The molecule has 0 N–H and O–H groups in total. The molecule has 2 heteroatoms. The molecule has 10 rings (SSSR count). The Bertz CT molecular complexity index is 2870. The van der Waals surface area contributed by atoms with Crippen LogP contribution in [-0.2, 0) is 5.41 Å². The van der Waals surface area contributed by atoms with Crippen LogP contribution in [0.5, 0.6) is 0 Å². The van der Waals surface area contributed by atoms with E-state index in [2.05, 4.69) is 190 Å². The number of fused-ring (bicyclic) bond motifs is 4. The van der Waals surface area contributed by atoms with Crippen molar-refractivity contribution in [2.45, 2.75) is 19.3 Å². The van der Waals surface area contributed by atoms with Crippen molar-refractivity contribution in [1.82, 2.24) is 9.97 Å². The predicted octanol–water partition coefficient (Wildman–Crippen LogP) is 13.9. The minimum absolute atomic E-state index is 0.136. The van der Waals surface area contributed by atoms with Crippen LogP contribution in [-0.4, -0.2) is 9.97 Å². The molecule has 0 amide bonds. The Hall–Kier alpha value is -6.90. The molecule has 1 aliphatic carbocycles. The maximum absolute atomic E-state index is 5.27. The van der Waals surface area contributed by atoms with E-state index in [0.717, 1.165) is 44.6 Å². The number of hydrogen-bond donors (Lipinski definition) is 0. The third-order valence-electron chi connectivity index (χ3n) is 11.3. The second-order valence-electron chi connectivity index (χ2n) is 14.9. The van der Waals surface area contributed by atoms with Crippen molar-refractivity contribution in [3.05, 3.63) is 205 Å². The second kappa shape index (κ2) is 13.2. The summed E-state index contributed by atoms with van der Waals surface area (Å²) in [6, 6.07) is 69.5. The van der Waals surface area contributed by atoms with Crippen molar-refractivity contribution < 1.29 is 0 Å². The molecule has 0 saturated heterocycles. The molecule has 0 saturated carbocycles. The molecule has 8 aromatic carbocycles. The largest absolute Gasteiger partial charge is 0.228 e.